The molecule has 0 spiro atoms. The minimum atomic E-state index is -0.526. The average molecular weight is 332 g/mol. The van der Waals surface area contributed by atoms with Crippen LogP contribution in [0.4, 0.5) is 0 Å². The minimum Gasteiger partial charge on any atom is -0.481 e. The third kappa shape index (κ3) is 5.29. The Morgan fingerprint density at radius 1 is 1.17 bits per heavy atom. The fourth-order valence-electron chi connectivity index (χ4n) is 2.30. The lowest BCUT2D eigenvalue weighted by atomic mass is 10.1. The number of nitrogens with one attached hydrogen (secondary N) is 1. The SMILES string of the molecule is Cc1ccc(O[C@H](C)C(=O)NCCc2ccc(Cl)cc2)c(C)c1. The number of carbonyl (C=O) groups excluding carboxylic acids is 1. The number of amides is 1. The smallest absolute Gasteiger partial charge is 0.260 e. The molecule has 23 heavy (non-hydrogen) atoms. The quantitative estimate of drug-likeness (QED) is 0.866. The number of hydrogen-bond acceptors (Lipinski definition) is 2. The Morgan fingerprint density at radius 3 is 2.52 bits per heavy atom. The van der Waals surface area contributed by atoms with Crippen LogP contribution in [0.15, 0.2) is 42.5 Å². The van der Waals surface area contributed by atoms with Crippen molar-refractivity contribution >= 4 is 17.5 Å². The summed E-state index contributed by atoms with van der Waals surface area (Å²) < 4.78 is 5.75. The first kappa shape index (κ1) is 17.4. The van der Waals surface area contributed by atoms with Crippen molar-refractivity contribution in [3.63, 3.8) is 0 Å². The summed E-state index contributed by atoms with van der Waals surface area (Å²) in [5.41, 5.74) is 3.35. The Labute approximate surface area is 142 Å². The zero-order valence-corrected chi connectivity index (χ0v) is 14.5. The fraction of sp³-hybridized carbons (Fsp3) is 0.316. The van der Waals surface area contributed by atoms with Crippen molar-refractivity contribution in [2.45, 2.75) is 33.3 Å². The molecule has 2 rings (SSSR count). The van der Waals surface area contributed by atoms with Gasteiger partial charge < -0.3 is 10.1 Å². The van der Waals surface area contributed by atoms with Gasteiger partial charge in [-0.3, -0.25) is 4.79 Å². The number of hydrogen-bond donors (Lipinski definition) is 1. The van der Waals surface area contributed by atoms with E-state index in [-0.39, 0.29) is 5.91 Å². The summed E-state index contributed by atoms with van der Waals surface area (Å²) in [5.74, 6) is 0.634. The first-order valence-electron chi connectivity index (χ1n) is 7.72. The first-order chi connectivity index (χ1) is 11.0. The third-order valence-electron chi connectivity index (χ3n) is 3.63. The lowest BCUT2D eigenvalue weighted by Gasteiger charge is -2.16. The molecule has 1 N–H and O–H groups in total. The molecule has 0 saturated heterocycles. The van der Waals surface area contributed by atoms with E-state index in [0.29, 0.717) is 11.6 Å². The monoisotopic (exact) mass is 331 g/mol. The Balaban J connectivity index is 1.81. The third-order valence-corrected chi connectivity index (χ3v) is 3.88. The fourth-order valence-corrected chi connectivity index (χ4v) is 2.43. The standard InChI is InChI=1S/C19H22ClNO2/c1-13-4-9-18(14(2)12-13)23-15(3)19(22)21-11-10-16-5-7-17(20)8-6-16/h4-9,12,15H,10-11H2,1-3H3,(H,21,22)/t15-/m1/s1. The maximum Gasteiger partial charge on any atom is 0.260 e. The molecule has 1 amide bonds. The molecule has 2 aromatic carbocycles. The largest absolute Gasteiger partial charge is 0.481 e. The van der Waals surface area contributed by atoms with E-state index in [9.17, 15) is 4.79 Å². The topological polar surface area (TPSA) is 38.3 Å². The van der Waals surface area contributed by atoms with Crippen LogP contribution < -0.4 is 10.1 Å². The van der Waals surface area contributed by atoms with E-state index in [1.807, 2.05) is 56.3 Å². The molecule has 0 aliphatic carbocycles. The van der Waals surface area contributed by atoms with Crippen molar-refractivity contribution in [2.75, 3.05) is 6.54 Å². The highest BCUT2D eigenvalue weighted by Crippen LogP contribution is 2.20. The summed E-state index contributed by atoms with van der Waals surface area (Å²) in [6, 6.07) is 13.6. The number of ether oxygens (including phenoxy) is 1. The van der Waals surface area contributed by atoms with Gasteiger partial charge in [0, 0.05) is 11.6 Å². The van der Waals surface area contributed by atoms with Gasteiger partial charge >= 0.3 is 0 Å². The molecule has 0 bridgehead atoms. The van der Waals surface area contributed by atoms with Gasteiger partial charge in [-0.05, 0) is 56.5 Å². The summed E-state index contributed by atoms with van der Waals surface area (Å²) in [6.07, 6.45) is 0.237. The zero-order valence-electron chi connectivity index (χ0n) is 13.7. The summed E-state index contributed by atoms with van der Waals surface area (Å²) >= 11 is 5.85. The van der Waals surface area contributed by atoms with Gasteiger partial charge in [-0.15, -0.1) is 0 Å². The second kappa shape index (κ2) is 8.02. The predicted molar refractivity (Wildman–Crippen MR) is 94.2 cm³/mol. The molecule has 3 nitrogen and oxygen atoms in total. The summed E-state index contributed by atoms with van der Waals surface area (Å²) in [5, 5.41) is 3.62. The van der Waals surface area contributed by atoms with E-state index in [1.54, 1.807) is 6.92 Å². The normalized spacial score (nSPS) is 11.8. The van der Waals surface area contributed by atoms with Crippen molar-refractivity contribution in [2.24, 2.45) is 0 Å². The van der Waals surface area contributed by atoms with E-state index in [4.69, 9.17) is 16.3 Å². The van der Waals surface area contributed by atoms with Gasteiger partial charge in [0.2, 0.25) is 0 Å². The van der Waals surface area contributed by atoms with E-state index in [0.717, 1.165) is 23.3 Å². The number of rotatable bonds is 6. The minimum absolute atomic E-state index is 0.112. The van der Waals surface area contributed by atoms with Crippen LogP contribution in [-0.2, 0) is 11.2 Å². The highest BCUT2D eigenvalue weighted by atomic mass is 35.5. The molecule has 4 heteroatoms. The Morgan fingerprint density at radius 2 is 1.87 bits per heavy atom. The van der Waals surface area contributed by atoms with Gasteiger partial charge in [-0.1, -0.05) is 41.4 Å². The maximum absolute atomic E-state index is 12.1. The molecule has 0 radical (unpaired) electrons. The van der Waals surface area contributed by atoms with Crippen LogP contribution in [0.25, 0.3) is 0 Å². The van der Waals surface area contributed by atoms with Gasteiger partial charge in [0.1, 0.15) is 5.75 Å². The van der Waals surface area contributed by atoms with Gasteiger partial charge in [-0.25, -0.2) is 0 Å². The van der Waals surface area contributed by atoms with Gasteiger partial charge in [0.15, 0.2) is 6.10 Å². The molecular formula is C19H22ClNO2. The van der Waals surface area contributed by atoms with Crippen LogP contribution in [0.2, 0.25) is 5.02 Å². The summed E-state index contributed by atoms with van der Waals surface area (Å²) in [7, 11) is 0. The predicted octanol–water partition coefficient (Wildman–Crippen LogP) is 4.08. The molecule has 0 saturated carbocycles. The second-order valence-electron chi connectivity index (χ2n) is 5.70. The maximum atomic E-state index is 12.1. The molecular weight excluding hydrogens is 310 g/mol. The highest BCUT2D eigenvalue weighted by Gasteiger charge is 2.15. The summed E-state index contributed by atoms with van der Waals surface area (Å²) in [4.78, 5) is 12.1. The lowest BCUT2D eigenvalue weighted by molar-refractivity contribution is -0.127. The molecule has 0 aliphatic rings. The van der Waals surface area contributed by atoms with Crippen LogP contribution in [-0.4, -0.2) is 18.6 Å². The van der Waals surface area contributed by atoms with Crippen molar-refractivity contribution in [3.8, 4) is 5.75 Å². The van der Waals surface area contributed by atoms with Crippen LogP contribution in [0.5, 0.6) is 5.75 Å². The molecule has 122 valence electrons. The molecule has 2 aromatic rings. The van der Waals surface area contributed by atoms with Gasteiger partial charge in [-0.2, -0.15) is 0 Å². The number of benzene rings is 2. The van der Waals surface area contributed by atoms with Crippen molar-refractivity contribution < 1.29 is 9.53 Å². The molecule has 0 unspecified atom stereocenters. The Hall–Kier alpha value is -2.00. The highest BCUT2D eigenvalue weighted by molar-refractivity contribution is 6.30. The van der Waals surface area contributed by atoms with Crippen LogP contribution in [0.3, 0.4) is 0 Å². The van der Waals surface area contributed by atoms with Crippen LogP contribution in [0, 0.1) is 13.8 Å². The van der Waals surface area contributed by atoms with E-state index in [2.05, 4.69) is 5.32 Å². The molecule has 1 atom stereocenters. The molecule has 0 fully saturated rings. The van der Waals surface area contributed by atoms with Gasteiger partial charge in [0.05, 0.1) is 0 Å². The van der Waals surface area contributed by atoms with Crippen LogP contribution in [0.1, 0.15) is 23.6 Å². The number of halogens is 1. The summed E-state index contributed by atoms with van der Waals surface area (Å²) in [6.45, 7) is 6.34. The molecule has 0 heterocycles. The van der Waals surface area contributed by atoms with Crippen molar-refractivity contribution in [1.29, 1.82) is 0 Å². The number of aryl methyl sites for hydroxylation is 2. The van der Waals surface area contributed by atoms with Gasteiger partial charge in [0.25, 0.3) is 5.91 Å². The first-order valence-corrected chi connectivity index (χ1v) is 8.09. The molecule has 0 aliphatic heterocycles. The van der Waals surface area contributed by atoms with E-state index < -0.39 is 6.10 Å². The number of carbonyl (C=O) groups is 1. The second-order valence-corrected chi connectivity index (χ2v) is 6.13. The van der Waals surface area contributed by atoms with E-state index in [1.165, 1.54) is 5.56 Å². The van der Waals surface area contributed by atoms with Crippen molar-refractivity contribution in [1.82, 2.24) is 5.32 Å². The Bertz CT molecular complexity index is 668. The van der Waals surface area contributed by atoms with Crippen LogP contribution >= 0.6 is 11.6 Å². The lowest BCUT2D eigenvalue weighted by Crippen LogP contribution is -2.37. The van der Waals surface area contributed by atoms with Crippen molar-refractivity contribution in [3.05, 3.63) is 64.2 Å². The van der Waals surface area contributed by atoms with E-state index >= 15 is 0 Å². The average Bonchev–Trinajstić information content (AvgIpc) is 2.51. The molecule has 0 aromatic heterocycles. The zero-order chi connectivity index (χ0) is 16.8. The Kier molecular flexibility index (Phi) is 6.05.